The molecule has 2 aromatic carbocycles. The van der Waals surface area contributed by atoms with E-state index in [1.807, 2.05) is 24.3 Å². The van der Waals surface area contributed by atoms with Crippen LogP contribution in [0.5, 0.6) is 0 Å². The molecule has 0 aliphatic carbocycles. The van der Waals surface area contributed by atoms with Crippen molar-refractivity contribution in [2.45, 2.75) is 70.1 Å². The quantitative estimate of drug-likeness (QED) is 0.386. The number of benzene rings is 2. The summed E-state index contributed by atoms with van der Waals surface area (Å²) in [4.78, 5) is -0.0104. The van der Waals surface area contributed by atoms with Gasteiger partial charge in [-0.2, -0.15) is 0 Å². The van der Waals surface area contributed by atoms with Crippen LogP contribution in [0.25, 0.3) is 10.8 Å². The second kappa shape index (κ2) is 10.7. The normalized spacial score (nSPS) is 11.5. The van der Waals surface area contributed by atoms with Gasteiger partial charge in [-0.3, -0.25) is 0 Å². The van der Waals surface area contributed by atoms with Gasteiger partial charge in [0.05, 0.1) is 4.90 Å². The molecule has 0 saturated heterocycles. The fraction of sp³-hybridized carbons (Fsp3) is 0.500. The van der Waals surface area contributed by atoms with Crippen molar-refractivity contribution in [3.05, 3.63) is 41.5 Å². The monoisotopic (exact) mass is 370 g/mol. The summed E-state index contributed by atoms with van der Waals surface area (Å²) in [6.45, 7) is 4.27. The third-order valence-electron chi connectivity index (χ3n) is 4.56. The molecule has 0 fully saturated rings. The van der Waals surface area contributed by atoms with Crippen molar-refractivity contribution in [2.75, 3.05) is 0 Å². The van der Waals surface area contributed by atoms with Gasteiger partial charge in [-0.25, -0.2) is 8.42 Å². The molecule has 5 heteroatoms. The Kier molecular flexibility index (Phi) is 9.68. The molecule has 2 aromatic rings. The van der Waals surface area contributed by atoms with Crippen LogP contribution in [0, 0.1) is 0 Å². The van der Waals surface area contributed by atoms with Gasteiger partial charge in [0.2, 0.25) is 0 Å². The largest absolute Gasteiger partial charge is 1.00 e. The average Bonchev–Trinajstić information content (AvgIpc) is 2.55. The van der Waals surface area contributed by atoms with Gasteiger partial charge < -0.3 is 4.55 Å². The Morgan fingerprint density at radius 3 is 2.00 bits per heavy atom. The topological polar surface area (TPSA) is 57.2 Å². The van der Waals surface area contributed by atoms with Gasteiger partial charge in [0.25, 0.3) is 0 Å². The molecule has 0 atom stereocenters. The molecule has 0 unspecified atom stereocenters. The van der Waals surface area contributed by atoms with Crippen LogP contribution in [-0.2, 0) is 23.0 Å². The minimum atomic E-state index is -4.47. The minimum Gasteiger partial charge on any atom is -0.744 e. The van der Waals surface area contributed by atoms with Crippen LogP contribution in [0.3, 0.4) is 0 Å². The van der Waals surface area contributed by atoms with Crippen molar-refractivity contribution in [1.82, 2.24) is 0 Å². The average molecular weight is 370 g/mol. The molecule has 0 aliphatic heterocycles. The molecule has 0 N–H and O–H groups in total. The van der Waals surface area contributed by atoms with Crippen LogP contribution >= 0.6 is 0 Å². The summed E-state index contributed by atoms with van der Waals surface area (Å²) < 4.78 is 35.6. The summed E-state index contributed by atoms with van der Waals surface area (Å²) in [5.41, 5.74) is 1.82. The van der Waals surface area contributed by atoms with Crippen LogP contribution in [0.4, 0.5) is 0 Å². The Hall–Kier alpha value is -0.390. The zero-order chi connectivity index (χ0) is 17.6. The van der Waals surface area contributed by atoms with Crippen LogP contribution in [0.1, 0.15) is 63.5 Å². The van der Waals surface area contributed by atoms with Gasteiger partial charge in [-0.05, 0) is 53.6 Å². The van der Waals surface area contributed by atoms with Crippen molar-refractivity contribution in [3.8, 4) is 0 Å². The molecule has 0 amide bonds. The van der Waals surface area contributed by atoms with E-state index in [0.29, 0.717) is 6.42 Å². The number of unbranched alkanes of at least 4 members (excludes halogenated alkanes) is 4. The maximum absolute atomic E-state index is 11.9. The molecule has 0 radical (unpaired) electrons. The van der Waals surface area contributed by atoms with Crippen LogP contribution in [-0.4, -0.2) is 13.0 Å². The van der Waals surface area contributed by atoms with Crippen LogP contribution in [0.2, 0.25) is 0 Å². The van der Waals surface area contributed by atoms with Gasteiger partial charge in [0.1, 0.15) is 10.1 Å². The van der Waals surface area contributed by atoms with E-state index in [0.717, 1.165) is 66.8 Å². The molecule has 25 heavy (non-hydrogen) atoms. The first-order chi connectivity index (χ1) is 11.5. The van der Waals surface area contributed by atoms with E-state index in [4.69, 9.17) is 0 Å². The number of hydrogen-bond acceptors (Lipinski definition) is 3. The summed E-state index contributed by atoms with van der Waals surface area (Å²) in [6, 6.07) is 9.37. The molecule has 0 saturated carbocycles. The first-order valence-corrected chi connectivity index (χ1v) is 10.4. The second-order valence-corrected chi connectivity index (χ2v) is 7.77. The first kappa shape index (κ1) is 22.7. The van der Waals surface area contributed by atoms with Crippen molar-refractivity contribution < 1.29 is 42.5 Å². The van der Waals surface area contributed by atoms with Gasteiger partial charge in [0, 0.05) is 0 Å². The van der Waals surface area contributed by atoms with E-state index < -0.39 is 10.1 Å². The van der Waals surface area contributed by atoms with E-state index in [-0.39, 0.29) is 34.5 Å². The molecule has 0 bridgehead atoms. The summed E-state index contributed by atoms with van der Waals surface area (Å²) in [7, 11) is -4.47. The second-order valence-electron chi connectivity index (χ2n) is 6.42. The van der Waals surface area contributed by atoms with Crippen molar-refractivity contribution in [1.29, 1.82) is 0 Å². The van der Waals surface area contributed by atoms with E-state index in [1.165, 1.54) is 0 Å². The number of hydrogen-bond donors (Lipinski definition) is 0. The summed E-state index contributed by atoms with van der Waals surface area (Å²) in [5.74, 6) is 0. The Bertz CT molecular complexity index is 785. The van der Waals surface area contributed by atoms with Gasteiger partial charge in [-0.1, -0.05) is 63.8 Å². The Morgan fingerprint density at radius 1 is 0.880 bits per heavy atom. The predicted octanol–water partition coefficient (Wildman–Crippen LogP) is 2.21. The smallest absolute Gasteiger partial charge is 0.744 e. The van der Waals surface area contributed by atoms with E-state index in [2.05, 4.69) is 13.8 Å². The molecule has 0 heterocycles. The number of fused-ring (bicyclic) bond motifs is 1. The first-order valence-electron chi connectivity index (χ1n) is 8.98. The predicted molar refractivity (Wildman–Crippen MR) is 98.4 cm³/mol. The number of aryl methyl sites for hydroxylation is 1. The van der Waals surface area contributed by atoms with Gasteiger partial charge in [-0.15, -0.1) is 0 Å². The summed E-state index contributed by atoms with van der Waals surface area (Å²) in [6.07, 6.45) is 7.76. The van der Waals surface area contributed by atoms with Crippen LogP contribution in [0.15, 0.2) is 35.2 Å². The standard InChI is InChI=1S/C20H28O3S.Na/c1-3-5-7-13-18-17-12-10-9-11-16(17)15-20(24(21,22)23)19(18)14-8-6-4-2;/h9-12,15H,3-8,13-14H2,1-2H3,(H,21,22,23);/q;+1/p-1. The molecule has 0 spiro atoms. The zero-order valence-corrected chi connectivity index (χ0v) is 18.5. The minimum absolute atomic E-state index is 0. The van der Waals surface area contributed by atoms with Crippen molar-refractivity contribution in [3.63, 3.8) is 0 Å². The van der Waals surface area contributed by atoms with Crippen LogP contribution < -0.4 is 29.6 Å². The Labute approximate surface area is 174 Å². The maximum Gasteiger partial charge on any atom is 1.00 e. The van der Waals surface area contributed by atoms with Gasteiger partial charge in [0.15, 0.2) is 0 Å². The summed E-state index contributed by atoms with van der Waals surface area (Å²) in [5, 5.41) is 1.94. The number of rotatable bonds is 9. The summed E-state index contributed by atoms with van der Waals surface area (Å²) >= 11 is 0. The SMILES string of the molecule is CCCCCc1c(S(=O)(=O)[O-])cc2ccccc2c1CCCCC.[Na+]. The zero-order valence-electron chi connectivity index (χ0n) is 15.7. The molecule has 132 valence electrons. The van der Waals surface area contributed by atoms with E-state index in [1.54, 1.807) is 6.07 Å². The Morgan fingerprint density at radius 2 is 1.44 bits per heavy atom. The molecule has 0 aromatic heterocycles. The molecule has 2 rings (SSSR count). The van der Waals surface area contributed by atoms with Crippen molar-refractivity contribution >= 4 is 20.9 Å². The molecule has 0 aliphatic rings. The molecule has 3 nitrogen and oxygen atoms in total. The fourth-order valence-corrected chi connectivity index (χ4v) is 4.12. The Balaban J connectivity index is 0.00000312. The van der Waals surface area contributed by atoms with Gasteiger partial charge >= 0.3 is 29.6 Å². The molecular weight excluding hydrogens is 343 g/mol. The third-order valence-corrected chi connectivity index (χ3v) is 5.47. The maximum atomic E-state index is 11.9. The van der Waals surface area contributed by atoms with E-state index >= 15 is 0 Å². The van der Waals surface area contributed by atoms with Crippen molar-refractivity contribution in [2.24, 2.45) is 0 Å². The third kappa shape index (κ3) is 6.07. The fourth-order valence-electron chi connectivity index (χ4n) is 3.32. The molecular formula is C20H27NaO3S. The van der Waals surface area contributed by atoms with E-state index in [9.17, 15) is 13.0 Å².